The third kappa shape index (κ3) is 8.68. The van der Waals surface area contributed by atoms with Crippen molar-refractivity contribution >= 4 is 46.2 Å². The highest BCUT2D eigenvalue weighted by Crippen LogP contribution is 2.54. The van der Waals surface area contributed by atoms with Gasteiger partial charge in [-0.3, -0.25) is 14.2 Å². The van der Waals surface area contributed by atoms with E-state index >= 15 is 4.39 Å². The largest absolute Gasteiger partial charge is 0.464 e. The van der Waals surface area contributed by atoms with Crippen molar-refractivity contribution in [3.05, 3.63) is 88.1 Å². The summed E-state index contributed by atoms with van der Waals surface area (Å²) in [4.78, 5) is 76.0. The molecule has 0 radical (unpaired) electrons. The van der Waals surface area contributed by atoms with Crippen molar-refractivity contribution in [2.24, 2.45) is 17.8 Å². The van der Waals surface area contributed by atoms with E-state index in [4.69, 9.17) is 28.9 Å². The second-order valence-electron chi connectivity index (χ2n) is 21.6. The number of nitrogens with zero attached hydrogens (tertiary/aromatic N) is 5. The number of thiophene rings is 1. The molecule has 8 heterocycles. The lowest BCUT2D eigenvalue weighted by molar-refractivity contribution is -0.140. The molecule has 12 rings (SSSR count). The topological polar surface area (TPSA) is 198 Å². The van der Waals surface area contributed by atoms with E-state index in [1.54, 1.807) is 22.4 Å². The van der Waals surface area contributed by atoms with E-state index in [2.05, 4.69) is 49.4 Å². The van der Waals surface area contributed by atoms with E-state index in [-0.39, 0.29) is 54.0 Å². The van der Waals surface area contributed by atoms with Crippen molar-refractivity contribution in [1.29, 1.82) is 0 Å². The fourth-order valence-electron chi connectivity index (χ4n) is 12.3. The highest BCUT2D eigenvalue weighted by Gasteiger charge is 2.57. The summed E-state index contributed by atoms with van der Waals surface area (Å²) >= 11 is 1.73. The van der Waals surface area contributed by atoms with Gasteiger partial charge >= 0.3 is 12.2 Å². The number of carbonyl (C=O) groups is 4. The number of likely N-dealkylation sites (tertiary alicyclic amines) is 2. The molecule has 4 amide bonds. The maximum atomic E-state index is 17.0. The summed E-state index contributed by atoms with van der Waals surface area (Å²) < 4.78 is 41.9. The molecule has 2 saturated carbocycles. The zero-order valence-electron chi connectivity index (χ0n) is 42.4. The maximum Gasteiger partial charge on any atom is 0.407 e. The number of rotatable bonds is 12. The van der Waals surface area contributed by atoms with Crippen molar-refractivity contribution in [3.8, 4) is 39.5 Å². The van der Waals surface area contributed by atoms with E-state index < -0.39 is 36.3 Å². The van der Waals surface area contributed by atoms with Crippen LogP contribution in [-0.2, 0) is 23.8 Å². The molecule has 2 aromatic carbocycles. The Bertz CT molecular complexity index is 3170. The van der Waals surface area contributed by atoms with E-state index in [1.165, 1.54) is 38.0 Å². The first-order valence-corrected chi connectivity index (χ1v) is 26.9. The monoisotopic (exact) mass is 1030 g/mol. The van der Waals surface area contributed by atoms with Gasteiger partial charge in [0.2, 0.25) is 18.0 Å². The fraction of sp³-hybridized carbons (Fsp3) is 0.491. The van der Waals surface area contributed by atoms with E-state index in [9.17, 15) is 19.2 Å². The van der Waals surface area contributed by atoms with Gasteiger partial charge in [-0.15, -0.1) is 11.3 Å². The van der Waals surface area contributed by atoms with Crippen LogP contribution in [0.4, 0.5) is 14.0 Å². The number of aromatic nitrogens is 5. The Kier molecular flexibility index (Phi) is 12.3. The van der Waals surface area contributed by atoms with Crippen LogP contribution in [0, 0.1) is 23.6 Å². The van der Waals surface area contributed by atoms with Crippen LogP contribution in [-0.4, -0.2) is 109 Å². The van der Waals surface area contributed by atoms with E-state index in [1.807, 2.05) is 57.0 Å². The van der Waals surface area contributed by atoms with Crippen molar-refractivity contribution in [1.82, 2.24) is 44.9 Å². The van der Waals surface area contributed by atoms with Crippen LogP contribution >= 0.6 is 11.3 Å². The van der Waals surface area contributed by atoms with Crippen LogP contribution in [0.15, 0.2) is 60.9 Å². The number of benzene rings is 2. The zero-order chi connectivity index (χ0) is 51.3. The number of carbonyl (C=O) groups excluding carboxylic acids is 4. The smallest absolute Gasteiger partial charge is 0.407 e. The molecule has 0 bridgehead atoms. The number of methoxy groups -OCH3 is 2. The predicted molar refractivity (Wildman–Crippen MR) is 274 cm³/mol. The van der Waals surface area contributed by atoms with Gasteiger partial charge in [0.1, 0.15) is 35.3 Å². The summed E-state index contributed by atoms with van der Waals surface area (Å²) in [5, 5.41) is 6.49. The van der Waals surface area contributed by atoms with Crippen molar-refractivity contribution in [2.45, 2.75) is 134 Å². The Morgan fingerprint density at radius 3 is 2.23 bits per heavy atom. The molecule has 2 aliphatic carbocycles. The molecule has 4 N–H and O–H groups in total. The number of halogens is 1. The summed E-state index contributed by atoms with van der Waals surface area (Å²) in [7, 11) is 2.59. The van der Waals surface area contributed by atoms with Gasteiger partial charge in [0, 0.05) is 34.0 Å². The molecular weight excluding hydrogens is 966 g/mol. The minimum atomic E-state index is -0.770. The van der Waals surface area contributed by atoms with E-state index in [0.717, 1.165) is 46.3 Å². The molecule has 17 nitrogen and oxygen atoms in total. The van der Waals surface area contributed by atoms with Crippen LogP contribution in [0.25, 0.3) is 44.7 Å². The number of alkyl carbamates (subject to hydrolysis) is 2. The molecule has 6 aromatic rings. The minimum Gasteiger partial charge on any atom is -0.464 e. The van der Waals surface area contributed by atoms with Gasteiger partial charge in [-0.05, 0) is 131 Å². The normalized spacial score (nSPS) is 25.7. The van der Waals surface area contributed by atoms with Gasteiger partial charge in [0.25, 0.3) is 0 Å². The average molecular weight is 1030 g/mol. The predicted octanol–water partition coefficient (Wildman–Crippen LogP) is 9.74. The van der Waals surface area contributed by atoms with Crippen molar-refractivity contribution < 1.29 is 42.5 Å². The molecule has 5 fully saturated rings. The number of H-pyrrole nitrogens is 2. The molecule has 19 heteroatoms. The van der Waals surface area contributed by atoms with Crippen LogP contribution in [0.3, 0.4) is 0 Å². The molecule has 3 saturated heterocycles. The lowest BCUT2D eigenvalue weighted by Gasteiger charge is -2.38. The molecule has 3 unspecified atom stereocenters. The number of ether oxygens (including phenoxy) is 4. The Hall–Kier alpha value is -6.73. The van der Waals surface area contributed by atoms with Gasteiger partial charge in [0.05, 0.1) is 83.9 Å². The standard InChI is InChI=1S/C55H62FN9O8S/c1-26(2)47(61-54(68)70-5)51(66)63-15-7-8-39(63)49-57-25-37(60-49)31-19-35(56)46-41-21-32-18-30(11-12-38(32)65(41)53(73-43(46)23-31)45-14-13-44(74-45)29-9-10-29)36-24-58-50(59-36)42-22-33-20-40(33)64(42)52(67)48(62-55(69)71-6)34-16-27(3)72-28(4)17-34/h11-14,18-19,21,23-29,33-34,39-40,42,47-48,53H,7-10,15-17,20,22H2,1-6H3,(H,57,60)(H,58,59)(H,61,68)(H,62,69)/t27-,28+,33-,34?,39+,40-,42+,47+,48?,53?/m1/s1. The number of amides is 4. The number of nitrogens with one attached hydrogen (secondary N) is 4. The van der Waals surface area contributed by atoms with Gasteiger partial charge in [0.15, 0.2) is 0 Å². The van der Waals surface area contributed by atoms with Gasteiger partial charge in [-0.1, -0.05) is 19.9 Å². The van der Waals surface area contributed by atoms with Gasteiger partial charge in [-0.2, -0.15) is 0 Å². The van der Waals surface area contributed by atoms with E-state index in [0.29, 0.717) is 77.6 Å². The minimum absolute atomic E-state index is 0.0459. The Balaban J connectivity index is 0.849. The number of aromatic amines is 2. The Labute approximate surface area is 431 Å². The molecule has 10 atom stereocenters. The lowest BCUT2D eigenvalue weighted by Crippen LogP contribution is -2.55. The third-order valence-corrected chi connectivity index (χ3v) is 17.4. The molecule has 4 aliphatic heterocycles. The molecule has 74 heavy (non-hydrogen) atoms. The van der Waals surface area contributed by atoms with Crippen molar-refractivity contribution in [3.63, 3.8) is 0 Å². The van der Waals surface area contributed by atoms with Gasteiger partial charge in [-0.25, -0.2) is 23.9 Å². The number of hydrogen-bond acceptors (Lipinski definition) is 11. The fourth-order valence-corrected chi connectivity index (χ4v) is 13.5. The Morgan fingerprint density at radius 2 is 1.51 bits per heavy atom. The molecule has 388 valence electrons. The second-order valence-corrected chi connectivity index (χ2v) is 22.7. The number of hydrogen-bond donors (Lipinski definition) is 4. The van der Waals surface area contributed by atoms with Gasteiger partial charge < -0.3 is 49.3 Å². The summed E-state index contributed by atoms with van der Waals surface area (Å²) in [5.74, 6) is 1.52. The number of fused-ring (bicyclic) bond motifs is 6. The number of piperidine rings is 1. The Morgan fingerprint density at radius 1 is 0.811 bits per heavy atom. The summed E-state index contributed by atoms with van der Waals surface area (Å²) in [5.41, 5.74) is 4.73. The number of imidazole rings is 2. The molecular formula is C55H62FN9O8S. The van der Waals surface area contributed by atoms with Crippen LogP contribution < -0.4 is 15.4 Å². The molecule has 4 aromatic heterocycles. The summed E-state index contributed by atoms with van der Waals surface area (Å²) in [6, 6.07) is 13.8. The maximum absolute atomic E-state index is 17.0. The SMILES string of the molecule is COC(=O)NC(C(=O)N1[C@@H]2C[C@@H]2C[C@H]1c1ncc(-c2ccc3c(c2)cc2n3C(c3ccc(C4CC4)s3)Oc3cc(-c4cnc([C@@H]5CCCN5C(=O)[C@@H](NC(=O)OC)C(C)C)[nH]4)cc(F)c3-2)[nH]1)C1C[C@@H](C)O[C@@H](C)C1. The third-order valence-electron chi connectivity index (χ3n) is 16.2. The van der Waals surface area contributed by atoms with Crippen LogP contribution in [0.2, 0.25) is 0 Å². The van der Waals surface area contributed by atoms with Crippen LogP contribution in [0.5, 0.6) is 5.75 Å². The molecule has 6 aliphatic rings. The lowest BCUT2D eigenvalue weighted by atomic mass is 9.85. The second kappa shape index (κ2) is 18.9. The average Bonchev–Trinajstić information content (AvgIpc) is 3.86. The first kappa shape index (κ1) is 48.2. The van der Waals surface area contributed by atoms with Crippen molar-refractivity contribution in [2.75, 3.05) is 20.8 Å². The first-order chi connectivity index (χ1) is 35.7. The molecule has 0 spiro atoms. The zero-order valence-corrected chi connectivity index (χ0v) is 43.2. The highest BCUT2D eigenvalue weighted by molar-refractivity contribution is 7.12. The highest BCUT2D eigenvalue weighted by atomic mass is 32.1. The summed E-state index contributed by atoms with van der Waals surface area (Å²) in [6.07, 6.45) is 8.28. The quantitative estimate of drug-likeness (QED) is 0.0916. The summed E-state index contributed by atoms with van der Waals surface area (Å²) in [6.45, 7) is 8.27. The van der Waals surface area contributed by atoms with Crippen LogP contribution in [0.1, 0.15) is 125 Å². The first-order valence-electron chi connectivity index (χ1n) is 26.1.